The van der Waals surface area contributed by atoms with Gasteiger partial charge in [-0.05, 0) is 47.9 Å². The monoisotopic (exact) mass is 374 g/mol. The number of alkyl halides is 1. The van der Waals surface area contributed by atoms with Crippen LogP contribution in [-0.2, 0) is 6.54 Å². The summed E-state index contributed by atoms with van der Waals surface area (Å²) in [6.07, 6.45) is 1.79. The summed E-state index contributed by atoms with van der Waals surface area (Å²) in [5.74, 6) is 0.608. The summed E-state index contributed by atoms with van der Waals surface area (Å²) in [6.45, 7) is 0.629. The Hall–Kier alpha value is -3.28. The number of rotatable bonds is 3. The van der Waals surface area contributed by atoms with Crippen molar-refractivity contribution < 1.29 is 9.18 Å². The molecular formula is C22H19FN4O. The number of hydrogen-bond acceptors (Lipinski definition) is 4. The molecule has 1 aliphatic heterocycles. The van der Waals surface area contributed by atoms with Crippen LogP contribution in [0, 0.1) is 0 Å². The van der Waals surface area contributed by atoms with Gasteiger partial charge in [0.25, 0.3) is 5.91 Å². The normalized spacial score (nSPS) is 20.2. The average molecular weight is 374 g/mol. The molecule has 28 heavy (non-hydrogen) atoms. The number of pyridine rings is 1. The van der Waals surface area contributed by atoms with Gasteiger partial charge in [0.1, 0.15) is 11.9 Å². The Morgan fingerprint density at radius 2 is 2.00 bits per heavy atom. The van der Waals surface area contributed by atoms with Gasteiger partial charge in [-0.15, -0.1) is 0 Å². The molecule has 2 heterocycles. The zero-order valence-corrected chi connectivity index (χ0v) is 15.2. The highest BCUT2D eigenvalue weighted by Crippen LogP contribution is 2.27. The van der Waals surface area contributed by atoms with E-state index in [2.05, 4.69) is 20.6 Å². The molecule has 0 radical (unpaired) electrons. The van der Waals surface area contributed by atoms with Crippen molar-refractivity contribution in [2.24, 2.45) is 4.99 Å². The fourth-order valence-corrected chi connectivity index (χ4v) is 3.74. The van der Waals surface area contributed by atoms with Crippen LogP contribution in [0.4, 0.5) is 10.1 Å². The van der Waals surface area contributed by atoms with E-state index in [1.165, 1.54) is 0 Å². The molecule has 2 aromatic carbocycles. The molecule has 5 rings (SSSR count). The van der Waals surface area contributed by atoms with Gasteiger partial charge in [-0.25, -0.2) is 4.39 Å². The molecule has 5 nitrogen and oxygen atoms in total. The first-order valence-corrected chi connectivity index (χ1v) is 9.41. The Labute approximate surface area is 161 Å². The lowest BCUT2D eigenvalue weighted by molar-refractivity contribution is 0.0862. The SMILES string of the molecule is O=C(NC1CC(F)C1)c1cccc2cc(NC3=NCc4cccnc43)ccc12. The molecule has 1 fully saturated rings. The number of amides is 1. The van der Waals surface area contributed by atoms with Gasteiger partial charge in [0.15, 0.2) is 5.84 Å². The molecule has 0 saturated heterocycles. The van der Waals surface area contributed by atoms with Gasteiger partial charge in [-0.2, -0.15) is 0 Å². The predicted octanol–water partition coefficient (Wildman–Crippen LogP) is 3.84. The highest BCUT2D eigenvalue weighted by atomic mass is 19.1. The van der Waals surface area contributed by atoms with Crippen LogP contribution in [-0.4, -0.2) is 28.9 Å². The Kier molecular flexibility index (Phi) is 4.04. The van der Waals surface area contributed by atoms with E-state index in [9.17, 15) is 9.18 Å². The predicted molar refractivity (Wildman–Crippen MR) is 107 cm³/mol. The van der Waals surface area contributed by atoms with Crippen LogP contribution < -0.4 is 10.6 Å². The molecule has 3 aromatic rings. The maximum absolute atomic E-state index is 13.0. The second-order valence-electron chi connectivity index (χ2n) is 7.28. The zero-order chi connectivity index (χ0) is 19.1. The Morgan fingerprint density at radius 3 is 2.86 bits per heavy atom. The van der Waals surface area contributed by atoms with E-state index in [-0.39, 0.29) is 11.9 Å². The highest BCUT2D eigenvalue weighted by molar-refractivity contribution is 6.11. The minimum Gasteiger partial charge on any atom is -0.349 e. The van der Waals surface area contributed by atoms with Gasteiger partial charge < -0.3 is 10.6 Å². The largest absolute Gasteiger partial charge is 0.349 e. The van der Waals surface area contributed by atoms with Crippen molar-refractivity contribution in [1.29, 1.82) is 0 Å². The number of benzene rings is 2. The van der Waals surface area contributed by atoms with Crippen molar-refractivity contribution in [1.82, 2.24) is 10.3 Å². The summed E-state index contributed by atoms with van der Waals surface area (Å²) < 4.78 is 13.0. The van der Waals surface area contributed by atoms with Crippen LogP contribution in [0.1, 0.15) is 34.5 Å². The highest BCUT2D eigenvalue weighted by Gasteiger charge is 2.30. The van der Waals surface area contributed by atoms with Crippen LogP contribution in [0.3, 0.4) is 0 Å². The van der Waals surface area contributed by atoms with Crippen molar-refractivity contribution in [2.45, 2.75) is 31.6 Å². The summed E-state index contributed by atoms with van der Waals surface area (Å²) in [7, 11) is 0. The van der Waals surface area contributed by atoms with Crippen molar-refractivity contribution in [2.75, 3.05) is 5.32 Å². The van der Waals surface area contributed by atoms with Gasteiger partial charge in [0.2, 0.25) is 0 Å². The molecule has 0 spiro atoms. The van der Waals surface area contributed by atoms with E-state index in [4.69, 9.17) is 0 Å². The van der Waals surface area contributed by atoms with Crippen molar-refractivity contribution >= 4 is 28.2 Å². The molecule has 1 aromatic heterocycles. The first-order chi connectivity index (χ1) is 13.7. The number of aliphatic imine (C=N–C) groups is 1. The van der Waals surface area contributed by atoms with Crippen LogP contribution in [0.2, 0.25) is 0 Å². The summed E-state index contributed by atoms with van der Waals surface area (Å²) >= 11 is 0. The quantitative estimate of drug-likeness (QED) is 0.732. The summed E-state index contributed by atoms with van der Waals surface area (Å²) in [6, 6.07) is 15.4. The van der Waals surface area contributed by atoms with Gasteiger partial charge in [0, 0.05) is 29.1 Å². The molecular weight excluding hydrogens is 355 g/mol. The third-order valence-electron chi connectivity index (χ3n) is 5.33. The number of amidine groups is 1. The summed E-state index contributed by atoms with van der Waals surface area (Å²) in [5.41, 5.74) is 3.48. The number of fused-ring (bicyclic) bond motifs is 2. The average Bonchev–Trinajstić information content (AvgIpc) is 3.09. The van der Waals surface area contributed by atoms with Crippen LogP contribution in [0.15, 0.2) is 59.7 Å². The summed E-state index contributed by atoms with van der Waals surface area (Å²) in [4.78, 5) is 21.5. The van der Waals surface area contributed by atoms with E-state index in [1.54, 1.807) is 12.3 Å². The number of hydrogen-bond donors (Lipinski definition) is 2. The first kappa shape index (κ1) is 16.9. The smallest absolute Gasteiger partial charge is 0.252 e. The lowest BCUT2D eigenvalue weighted by Crippen LogP contribution is -2.45. The topological polar surface area (TPSA) is 66.4 Å². The van der Waals surface area contributed by atoms with Gasteiger partial charge in [0.05, 0.1) is 6.54 Å². The Bertz CT molecular complexity index is 1100. The molecule has 2 aliphatic rings. The van der Waals surface area contributed by atoms with Crippen LogP contribution in [0.25, 0.3) is 10.8 Å². The standard InChI is InChI=1S/C22H19FN4O/c23-15-10-17(11-15)27-22(28)19-5-1-3-13-9-16(6-7-18(13)19)26-21-20-14(12-25-21)4-2-8-24-20/h1-9,15,17H,10-12H2,(H,25,26)(H,27,28). The number of nitrogens with one attached hydrogen (secondary N) is 2. The maximum Gasteiger partial charge on any atom is 0.252 e. The number of nitrogens with zero attached hydrogens (tertiary/aromatic N) is 2. The second kappa shape index (κ2) is 6.71. The first-order valence-electron chi connectivity index (χ1n) is 9.41. The van der Waals surface area contributed by atoms with E-state index in [1.807, 2.05) is 42.5 Å². The van der Waals surface area contributed by atoms with E-state index in [0.717, 1.165) is 33.6 Å². The minimum absolute atomic E-state index is 0.0633. The van der Waals surface area contributed by atoms with Gasteiger partial charge >= 0.3 is 0 Å². The maximum atomic E-state index is 13.0. The zero-order valence-electron chi connectivity index (χ0n) is 15.2. The number of aromatic nitrogens is 1. The summed E-state index contributed by atoms with van der Waals surface area (Å²) in [5, 5.41) is 8.08. The second-order valence-corrected chi connectivity index (χ2v) is 7.28. The molecule has 6 heteroatoms. The molecule has 1 saturated carbocycles. The number of carbonyl (C=O) groups is 1. The van der Waals surface area contributed by atoms with Gasteiger partial charge in [-0.1, -0.05) is 24.3 Å². The lowest BCUT2D eigenvalue weighted by Gasteiger charge is -2.30. The van der Waals surface area contributed by atoms with E-state index >= 15 is 0 Å². The van der Waals surface area contributed by atoms with Crippen molar-refractivity contribution in [3.63, 3.8) is 0 Å². The minimum atomic E-state index is -0.787. The number of anilines is 1. The Morgan fingerprint density at radius 1 is 1.11 bits per heavy atom. The molecule has 140 valence electrons. The molecule has 1 amide bonds. The fraction of sp³-hybridized carbons (Fsp3) is 0.227. The Balaban J connectivity index is 1.39. The number of halogens is 1. The molecule has 1 aliphatic carbocycles. The molecule has 2 N–H and O–H groups in total. The van der Waals surface area contributed by atoms with E-state index in [0.29, 0.717) is 24.9 Å². The lowest BCUT2D eigenvalue weighted by atomic mass is 9.90. The number of carbonyl (C=O) groups excluding carboxylic acids is 1. The van der Waals surface area contributed by atoms with Crippen LogP contribution in [0.5, 0.6) is 0 Å². The molecule has 0 unspecified atom stereocenters. The molecule has 0 atom stereocenters. The van der Waals surface area contributed by atoms with Crippen molar-refractivity contribution in [3.8, 4) is 0 Å². The fourth-order valence-electron chi connectivity index (χ4n) is 3.74. The molecule has 0 bridgehead atoms. The third-order valence-corrected chi connectivity index (χ3v) is 5.33. The van der Waals surface area contributed by atoms with Crippen molar-refractivity contribution in [3.05, 3.63) is 71.5 Å². The third kappa shape index (κ3) is 3.01. The van der Waals surface area contributed by atoms with Crippen LogP contribution >= 0.6 is 0 Å². The van der Waals surface area contributed by atoms with Gasteiger partial charge in [-0.3, -0.25) is 14.8 Å². The van der Waals surface area contributed by atoms with E-state index < -0.39 is 6.17 Å².